The van der Waals surface area contributed by atoms with Crippen LogP contribution in [-0.4, -0.2) is 9.97 Å². The lowest BCUT2D eigenvalue weighted by Crippen LogP contribution is -1.95. The fourth-order valence-electron chi connectivity index (χ4n) is 1.91. The third kappa shape index (κ3) is 1.21. The molecule has 0 aliphatic rings. The zero-order chi connectivity index (χ0) is 11.1. The fourth-order valence-corrected chi connectivity index (χ4v) is 1.91. The van der Waals surface area contributed by atoms with Crippen molar-refractivity contribution in [1.82, 2.24) is 9.97 Å². The second-order valence-electron chi connectivity index (χ2n) is 3.90. The molecule has 0 saturated heterocycles. The van der Waals surface area contributed by atoms with E-state index in [0.717, 1.165) is 27.4 Å². The molecule has 0 fully saturated rings. The molecule has 2 N–H and O–H groups in total. The highest BCUT2D eigenvalue weighted by Crippen LogP contribution is 2.24. The summed E-state index contributed by atoms with van der Waals surface area (Å²) in [5.41, 5.74) is 8.73. The quantitative estimate of drug-likeness (QED) is 0.579. The molecule has 0 unspecified atom stereocenters. The first-order valence-electron chi connectivity index (χ1n) is 5.16. The van der Waals surface area contributed by atoms with Crippen LogP contribution in [0.2, 0.25) is 0 Å². The highest BCUT2D eigenvalue weighted by molar-refractivity contribution is 6.04. The summed E-state index contributed by atoms with van der Waals surface area (Å²) in [6.45, 7) is 1.97. The summed E-state index contributed by atoms with van der Waals surface area (Å²) < 4.78 is 0. The van der Waals surface area contributed by atoms with Crippen molar-refractivity contribution in [2.24, 2.45) is 0 Å². The minimum Gasteiger partial charge on any atom is -0.383 e. The van der Waals surface area contributed by atoms with Crippen LogP contribution in [0.4, 0.5) is 5.82 Å². The molecule has 2 aromatic heterocycles. The molecule has 3 aromatic rings. The minimum absolute atomic E-state index is 0.587. The van der Waals surface area contributed by atoms with Gasteiger partial charge in [0.25, 0.3) is 0 Å². The molecular formula is C13H11N3. The Hall–Kier alpha value is -2.16. The standard InChI is InChI=1S/C13H11N3/c1-8-7-9-4-5-11-10(3-2-6-15-11)12(9)16-13(8)14/h2-7H,1H3,(H2,14,16). The van der Waals surface area contributed by atoms with E-state index in [2.05, 4.69) is 16.0 Å². The van der Waals surface area contributed by atoms with Gasteiger partial charge in [-0.3, -0.25) is 4.98 Å². The van der Waals surface area contributed by atoms with E-state index in [0.29, 0.717) is 5.82 Å². The maximum absolute atomic E-state index is 5.85. The zero-order valence-electron chi connectivity index (χ0n) is 8.94. The molecule has 0 bridgehead atoms. The van der Waals surface area contributed by atoms with Crippen molar-refractivity contribution in [1.29, 1.82) is 0 Å². The first-order valence-corrected chi connectivity index (χ1v) is 5.16. The largest absolute Gasteiger partial charge is 0.383 e. The van der Waals surface area contributed by atoms with Crippen molar-refractivity contribution >= 4 is 27.6 Å². The van der Waals surface area contributed by atoms with Crippen molar-refractivity contribution in [3.8, 4) is 0 Å². The molecule has 0 spiro atoms. The number of hydrogen-bond donors (Lipinski definition) is 1. The summed E-state index contributed by atoms with van der Waals surface area (Å²) in [4.78, 5) is 8.74. The number of nitrogens with two attached hydrogens (primary N) is 1. The summed E-state index contributed by atoms with van der Waals surface area (Å²) in [5, 5.41) is 2.15. The Kier molecular flexibility index (Phi) is 1.80. The van der Waals surface area contributed by atoms with Crippen molar-refractivity contribution in [3.63, 3.8) is 0 Å². The number of nitrogen functional groups attached to an aromatic ring is 1. The first kappa shape index (κ1) is 9.09. The predicted octanol–water partition coefficient (Wildman–Crippen LogP) is 2.67. The Morgan fingerprint density at radius 2 is 2.06 bits per heavy atom. The van der Waals surface area contributed by atoms with E-state index >= 15 is 0 Å². The molecule has 3 nitrogen and oxygen atoms in total. The SMILES string of the molecule is Cc1cc2ccc3ncccc3c2nc1N. The van der Waals surface area contributed by atoms with Crippen molar-refractivity contribution in [2.45, 2.75) is 6.92 Å². The van der Waals surface area contributed by atoms with Crippen molar-refractivity contribution < 1.29 is 0 Å². The van der Waals surface area contributed by atoms with Crippen LogP contribution in [0.25, 0.3) is 21.8 Å². The summed E-state index contributed by atoms with van der Waals surface area (Å²) >= 11 is 0. The van der Waals surface area contributed by atoms with E-state index in [-0.39, 0.29) is 0 Å². The predicted molar refractivity (Wildman–Crippen MR) is 66.2 cm³/mol. The highest BCUT2D eigenvalue weighted by atomic mass is 14.8. The van der Waals surface area contributed by atoms with E-state index in [4.69, 9.17) is 5.73 Å². The average Bonchev–Trinajstić information content (AvgIpc) is 2.31. The number of rotatable bonds is 0. The summed E-state index contributed by atoms with van der Waals surface area (Å²) in [7, 11) is 0. The van der Waals surface area contributed by atoms with Crippen LogP contribution in [0, 0.1) is 6.92 Å². The Balaban J connectivity index is 2.55. The van der Waals surface area contributed by atoms with Gasteiger partial charge in [-0.15, -0.1) is 0 Å². The average molecular weight is 209 g/mol. The molecule has 0 atom stereocenters. The van der Waals surface area contributed by atoms with Gasteiger partial charge in [-0.25, -0.2) is 4.98 Å². The minimum atomic E-state index is 0.587. The number of benzene rings is 1. The summed E-state index contributed by atoms with van der Waals surface area (Å²) in [6.07, 6.45) is 1.78. The second-order valence-corrected chi connectivity index (χ2v) is 3.90. The van der Waals surface area contributed by atoms with E-state index in [9.17, 15) is 0 Å². The fraction of sp³-hybridized carbons (Fsp3) is 0.0769. The monoisotopic (exact) mass is 209 g/mol. The number of aryl methyl sites for hydroxylation is 1. The molecule has 0 aliphatic heterocycles. The van der Waals surface area contributed by atoms with Crippen LogP contribution in [-0.2, 0) is 0 Å². The molecular weight excluding hydrogens is 198 g/mol. The number of anilines is 1. The molecule has 3 rings (SSSR count). The maximum atomic E-state index is 5.85. The number of fused-ring (bicyclic) bond motifs is 3. The van der Waals surface area contributed by atoms with Gasteiger partial charge in [0, 0.05) is 17.0 Å². The molecule has 1 aromatic carbocycles. The zero-order valence-corrected chi connectivity index (χ0v) is 8.94. The maximum Gasteiger partial charge on any atom is 0.127 e. The lowest BCUT2D eigenvalue weighted by atomic mass is 10.1. The van der Waals surface area contributed by atoms with Gasteiger partial charge in [0.1, 0.15) is 5.82 Å². The van der Waals surface area contributed by atoms with Gasteiger partial charge in [-0.2, -0.15) is 0 Å². The third-order valence-electron chi connectivity index (χ3n) is 2.80. The van der Waals surface area contributed by atoms with E-state index in [1.54, 1.807) is 6.20 Å². The van der Waals surface area contributed by atoms with Crippen molar-refractivity contribution in [2.75, 3.05) is 5.73 Å². The van der Waals surface area contributed by atoms with Gasteiger partial charge in [0.05, 0.1) is 11.0 Å². The Labute approximate surface area is 92.9 Å². The van der Waals surface area contributed by atoms with Gasteiger partial charge < -0.3 is 5.73 Å². The van der Waals surface area contributed by atoms with E-state index in [1.807, 2.05) is 31.2 Å². The molecule has 0 radical (unpaired) electrons. The highest BCUT2D eigenvalue weighted by Gasteiger charge is 2.04. The number of aromatic nitrogens is 2. The topological polar surface area (TPSA) is 51.8 Å². The van der Waals surface area contributed by atoms with Crippen LogP contribution in [0.15, 0.2) is 36.5 Å². The van der Waals surface area contributed by atoms with Gasteiger partial charge in [0.15, 0.2) is 0 Å². The van der Waals surface area contributed by atoms with Gasteiger partial charge in [-0.05, 0) is 36.8 Å². The van der Waals surface area contributed by atoms with E-state index < -0.39 is 0 Å². The smallest absolute Gasteiger partial charge is 0.127 e. The van der Waals surface area contributed by atoms with Crippen LogP contribution >= 0.6 is 0 Å². The van der Waals surface area contributed by atoms with Crippen LogP contribution in [0.1, 0.15) is 5.56 Å². The second kappa shape index (κ2) is 3.17. The molecule has 78 valence electrons. The number of pyridine rings is 2. The third-order valence-corrected chi connectivity index (χ3v) is 2.80. The normalized spacial score (nSPS) is 11.1. The van der Waals surface area contributed by atoms with Gasteiger partial charge in [0.2, 0.25) is 0 Å². The van der Waals surface area contributed by atoms with Crippen molar-refractivity contribution in [3.05, 3.63) is 42.1 Å². The summed E-state index contributed by atoms with van der Waals surface area (Å²) in [6, 6.07) is 10.0. The molecule has 3 heteroatoms. The van der Waals surface area contributed by atoms with Gasteiger partial charge >= 0.3 is 0 Å². The van der Waals surface area contributed by atoms with Crippen LogP contribution < -0.4 is 5.73 Å². The molecule has 0 saturated carbocycles. The molecule has 2 heterocycles. The van der Waals surface area contributed by atoms with E-state index in [1.165, 1.54) is 0 Å². The Bertz CT molecular complexity index is 689. The van der Waals surface area contributed by atoms with Crippen LogP contribution in [0.3, 0.4) is 0 Å². The Morgan fingerprint density at radius 1 is 1.19 bits per heavy atom. The Morgan fingerprint density at radius 3 is 2.94 bits per heavy atom. The number of hydrogen-bond acceptors (Lipinski definition) is 3. The summed E-state index contributed by atoms with van der Waals surface area (Å²) in [5.74, 6) is 0.587. The lowest BCUT2D eigenvalue weighted by Gasteiger charge is -2.05. The molecule has 0 aliphatic carbocycles. The van der Waals surface area contributed by atoms with Crippen LogP contribution in [0.5, 0.6) is 0 Å². The number of nitrogens with zero attached hydrogens (tertiary/aromatic N) is 2. The molecule has 16 heavy (non-hydrogen) atoms. The lowest BCUT2D eigenvalue weighted by molar-refractivity contribution is 1.34. The molecule has 0 amide bonds. The van der Waals surface area contributed by atoms with Gasteiger partial charge in [-0.1, -0.05) is 6.07 Å². The first-order chi connectivity index (χ1) is 7.75.